The molecular weight excluding hydrogens is 222 g/mol. The van der Waals surface area contributed by atoms with Gasteiger partial charge in [-0.15, -0.1) is 0 Å². The molecule has 5 nitrogen and oxygen atoms in total. The molecule has 0 aromatic heterocycles. The maximum absolute atomic E-state index is 11.5. The smallest absolute Gasteiger partial charge is 0.410 e. The Balaban J connectivity index is 0.00000121. The van der Waals surface area contributed by atoms with Crippen LogP contribution in [0, 0.1) is 5.92 Å². The molecule has 1 rings (SSSR count). The zero-order chi connectivity index (χ0) is 13.8. The number of amides is 1. The van der Waals surface area contributed by atoms with Gasteiger partial charge in [-0.2, -0.15) is 0 Å². The first-order valence-corrected chi connectivity index (χ1v) is 5.95. The second-order valence-corrected chi connectivity index (χ2v) is 4.82. The van der Waals surface area contributed by atoms with E-state index in [4.69, 9.17) is 9.84 Å². The van der Waals surface area contributed by atoms with Crippen LogP contribution in [0.25, 0.3) is 0 Å². The highest BCUT2D eigenvalue weighted by Crippen LogP contribution is 2.26. The van der Waals surface area contributed by atoms with Gasteiger partial charge in [0.2, 0.25) is 0 Å². The lowest BCUT2D eigenvalue weighted by atomic mass is 9.91. The Labute approximate surface area is 103 Å². The monoisotopic (exact) mass is 245 g/mol. The zero-order valence-corrected chi connectivity index (χ0v) is 11.5. The van der Waals surface area contributed by atoms with Crippen LogP contribution in [-0.4, -0.2) is 40.3 Å². The fourth-order valence-electron chi connectivity index (χ4n) is 1.46. The molecule has 0 saturated carbocycles. The summed E-state index contributed by atoms with van der Waals surface area (Å²) in [6, 6.07) is -0.280. The Morgan fingerprint density at radius 1 is 1.29 bits per heavy atom. The van der Waals surface area contributed by atoms with E-state index in [0.717, 1.165) is 0 Å². The molecule has 0 aromatic carbocycles. The molecule has 17 heavy (non-hydrogen) atoms. The number of hydrogen-bond donors (Lipinski definition) is 1. The lowest BCUT2D eigenvalue weighted by Crippen LogP contribution is -2.60. The molecule has 1 heterocycles. The summed E-state index contributed by atoms with van der Waals surface area (Å²) >= 11 is 0. The summed E-state index contributed by atoms with van der Waals surface area (Å²) in [5, 5.41) is 8.76. The van der Waals surface area contributed by atoms with Crippen molar-refractivity contribution in [3.63, 3.8) is 0 Å². The molecule has 1 aliphatic rings. The predicted molar refractivity (Wildman–Crippen MR) is 64.9 cm³/mol. The predicted octanol–water partition coefficient (Wildman–Crippen LogP) is 2.35. The van der Waals surface area contributed by atoms with E-state index in [1.165, 1.54) is 4.90 Å². The summed E-state index contributed by atoms with van der Waals surface area (Å²) in [4.78, 5) is 23.6. The van der Waals surface area contributed by atoms with E-state index in [0.29, 0.717) is 0 Å². The minimum absolute atomic E-state index is 0.241. The number of ether oxygens (including phenoxy) is 1. The average molecular weight is 245 g/mol. The molecular formula is C12H23NO4. The van der Waals surface area contributed by atoms with Gasteiger partial charge < -0.3 is 14.7 Å². The van der Waals surface area contributed by atoms with E-state index >= 15 is 0 Å². The Hall–Kier alpha value is -1.26. The van der Waals surface area contributed by atoms with E-state index in [2.05, 4.69) is 0 Å². The Morgan fingerprint density at radius 2 is 1.76 bits per heavy atom. The number of carbonyl (C=O) groups excluding carboxylic acids is 1. The quantitative estimate of drug-likeness (QED) is 0.770. The molecule has 1 fully saturated rings. The first-order valence-electron chi connectivity index (χ1n) is 5.95. The largest absolute Gasteiger partial charge is 0.481 e. The molecule has 0 aliphatic carbocycles. The first kappa shape index (κ1) is 15.7. The topological polar surface area (TPSA) is 66.8 Å². The molecule has 0 spiro atoms. The van der Waals surface area contributed by atoms with E-state index in [1.54, 1.807) is 27.7 Å². The molecule has 100 valence electrons. The van der Waals surface area contributed by atoms with Crippen molar-refractivity contribution in [2.45, 2.75) is 53.2 Å². The maximum Gasteiger partial charge on any atom is 0.410 e. The van der Waals surface area contributed by atoms with Gasteiger partial charge in [0.1, 0.15) is 5.60 Å². The van der Waals surface area contributed by atoms with Gasteiger partial charge in [-0.05, 0) is 27.7 Å². The summed E-state index contributed by atoms with van der Waals surface area (Å²) < 4.78 is 5.13. The molecule has 2 unspecified atom stereocenters. The second kappa shape index (κ2) is 5.89. The third kappa shape index (κ3) is 4.24. The maximum atomic E-state index is 11.5. The number of aliphatic carboxylic acids is 1. The van der Waals surface area contributed by atoms with Crippen LogP contribution in [0.3, 0.4) is 0 Å². The standard InChI is InChI=1S/C10H17NO4.C2H6/c1-6-7(8(12)13)5-11(6)9(14)15-10(2,3)4;1-2/h6-7H,5H2,1-4H3,(H,12,13);1-2H3. The van der Waals surface area contributed by atoms with Crippen LogP contribution in [0.4, 0.5) is 4.79 Å². The van der Waals surface area contributed by atoms with Gasteiger partial charge in [-0.1, -0.05) is 13.8 Å². The second-order valence-electron chi connectivity index (χ2n) is 4.82. The van der Waals surface area contributed by atoms with Crippen molar-refractivity contribution in [3.8, 4) is 0 Å². The first-order chi connectivity index (χ1) is 7.72. The van der Waals surface area contributed by atoms with Gasteiger partial charge in [0.05, 0.1) is 5.92 Å². The van der Waals surface area contributed by atoms with Crippen molar-refractivity contribution in [2.75, 3.05) is 6.54 Å². The van der Waals surface area contributed by atoms with Crippen LogP contribution in [0.1, 0.15) is 41.5 Å². The fraction of sp³-hybridized carbons (Fsp3) is 0.833. The molecule has 1 aliphatic heterocycles. The number of nitrogens with zero attached hydrogens (tertiary/aromatic N) is 1. The van der Waals surface area contributed by atoms with Gasteiger partial charge in [0.15, 0.2) is 0 Å². The van der Waals surface area contributed by atoms with Crippen LogP contribution in [0.15, 0.2) is 0 Å². The van der Waals surface area contributed by atoms with Crippen molar-refractivity contribution >= 4 is 12.1 Å². The number of carbonyl (C=O) groups is 2. The Kier molecular flexibility index (Phi) is 5.45. The van der Waals surface area contributed by atoms with Gasteiger partial charge in [0.25, 0.3) is 0 Å². The summed E-state index contributed by atoms with van der Waals surface area (Å²) in [6.45, 7) is 11.3. The van der Waals surface area contributed by atoms with Crippen molar-refractivity contribution in [1.82, 2.24) is 4.90 Å². The third-order valence-corrected chi connectivity index (χ3v) is 2.41. The molecule has 1 saturated heterocycles. The van der Waals surface area contributed by atoms with Gasteiger partial charge in [-0.3, -0.25) is 4.79 Å². The van der Waals surface area contributed by atoms with Crippen molar-refractivity contribution in [2.24, 2.45) is 5.92 Å². The molecule has 1 amide bonds. The van der Waals surface area contributed by atoms with Crippen LogP contribution in [0.2, 0.25) is 0 Å². The Morgan fingerprint density at radius 3 is 2.06 bits per heavy atom. The van der Waals surface area contributed by atoms with Gasteiger partial charge in [-0.25, -0.2) is 4.79 Å². The van der Waals surface area contributed by atoms with E-state index in [-0.39, 0.29) is 12.6 Å². The summed E-state index contributed by atoms with van der Waals surface area (Å²) in [6.07, 6.45) is -0.438. The lowest BCUT2D eigenvalue weighted by Gasteiger charge is -2.43. The normalized spacial score (nSPS) is 23.1. The minimum atomic E-state index is -0.859. The SMILES string of the molecule is CC.CC1C(C(=O)O)CN1C(=O)OC(C)(C)C. The van der Waals surface area contributed by atoms with Crippen LogP contribution < -0.4 is 0 Å². The van der Waals surface area contributed by atoms with Gasteiger partial charge >= 0.3 is 12.1 Å². The zero-order valence-electron chi connectivity index (χ0n) is 11.5. The molecule has 5 heteroatoms. The van der Waals surface area contributed by atoms with Crippen LogP contribution >= 0.6 is 0 Å². The Bertz CT molecular complexity index is 283. The summed E-state index contributed by atoms with van der Waals surface area (Å²) in [5.74, 6) is -1.32. The van der Waals surface area contributed by atoms with Crippen molar-refractivity contribution < 1.29 is 19.4 Å². The highest BCUT2D eigenvalue weighted by molar-refractivity contribution is 5.77. The molecule has 2 atom stereocenters. The fourth-order valence-corrected chi connectivity index (χ4v) is 1.46. The average Bonchev–Trinajstić information content (AvgIpc) is 2.15. The van der Waals surface area contributed by atoms with E-state index in [9.17, 15) is 9.59 Å². The number of rotatable bonds is 1. The lowest BCUT2D eigenvalue weighted by molar-refractivity contribution is -0.150. The highest BCUT2D eigenvalue weighted by atomic mass is 16.6. The van der Waals surface area contributed by atoms with Crippen LogP contribution in [-0.2, 0) is 9.53 Å². The molecule has 0 bridgehead atoms. The summed E-state index contributed by atoms with van der Waals surface area (Å²) in [7, 11) is 0. The van der Waals surface area contributed by atoms with E-state index < -0.39 is 23.6 Å². The van der Waals surface area contributed by atoms with E-state index in [1.807, 2.05) is 13.8 Å². The summed E-state index contributed by atoms with van der Waals surface area (Å²) in [5.41, 5.74) is -0.537. The number of likely N-dealkylation sites (tertiary alicyclic amines) is 1. The molecule has 1 N–H and O–H groups in total. The van der Waals surface area contributed by atoms with Gasteiger partial charge in [0, 0.05) is 12.6 Å². The highest BCUT2D eigenvalue weighted by Gasteiger charge is 2.44. The van der Waals surface area contributed by atoms with Crippen LogP contribution in [0.5, 0.6) is 0 Å². The van der Waals surface area contributed by atoms with Crippen molar-refractivity contribution in [3.05, 3.63) is 0 Å². The number of carboxylic acid groups (broad SMARTS) is 1. The number of hydrogen-bond acceptors (Lipinski definition) is 3. The van der Waals surface area contributed by atoms with Crippen molar-refractivity contribution in [1.29, 1.82) is 0 Å². The number of carboxylic acids is 1. The molecule has 0 aromatic rings. The third-order valence-electron chi connectivity index (χ3n) is 2.41. The molecule has 0 radical (unpaired) electrons. The minimum Gasteiger partial charge on any atom is -0.481 e.